The monoisotopic (exact) mass is 212 g/mol. The van der Waals surface area contributed by atoms with Crippen LogP contribution in [-0.2, 0) is 22.4 Å². The van der Waals surface area contributed by atoms with Crippen molar-refractivity contribution in [3.05, 3.63) is 21.9 Å². The second-order valence-corrected chi connectivity index (χ2v) is 4.28. The summed E-state index contributed by atoms with van der Waals surface area (Å²) in [4.78, 5) is 13.7. The van der Waals surface area contributed by atoms with E-state index in [0.717, 1.165) is 12.8 Å². The first kappa shape index (κ1) is 11.2. The van der Waals surface area contributed by atoms with E-state index in [1.165, 1.54) is 9.75 Å². The van der Waals surface area contributed by atoms with Gasteiger partial charge in [0, 0.05) is 9.75 Å². The molecule has 0 fully saturated rings. The van der Waals surface area contributed by atoms with Gasteiger partial charge in [-0.25, -0.2) is 0 Å². The largest absolute Gasteiger partial charge is 0.466 e. The summed E-state index contributed by atoms with van der Waals surface area (Å²) in [7, 11) is 0. The smallest absolute Gasteiger partial charge is 0.306 e. The summed E-state index contributed by atoms with van der Waals surface area (Å²) in [5.74, 6) is -0.0982. The predicted octanol–water partition coefficient (Wildman–Crippen LogP) is 2.81. The van der Waals surface area contributed by atoms with Crippen LogP contribution in [0.5, 0.6) is 0 Å². The highest BCUT2D eigenvalue weighted by Crippen LogP contribution is 2.18. The molecule has 14 heavy (non-hydrogen) atoms. The van der Waals surface area contributed by atoms with Gasteiger partial charge < -0.3 is 4.74 Å². The molecule has 3 heteroatoms. The molecule has 0 bridgehead atoms. The van der Waals surface area contributed by atoms with Crippen molar-refractivity contribution in [2.24, 2.45) is 0 Å². The highest BCUT2D eigenvalue weighted by atomic mass is 32.1. The molecule has 0 radical (unpaired) electrons. The van der Waals surface area contributed by atoms with Gasteiger partial charge in [0.25, 0.3) is 0 Å². The molecule has 0 unspecified atom stereocenters. The minimum atomic E-state index is -0.0982. The highest BCUT2D eigenvalue weighted by Gasteiger charge is 2.04. The quantitative estimate of drug-likeness (QED) is 0.701. The molecule has 0 spiro atoms. The van der Waals surface area contributed by atoms with Crippen LogP contribution in [0.1, 0.15) is 30.0 Å². The fourth-order valence-electron chi connectivity index (χ4n) is 1.21. The molecule has 1 rings (SSSR count). The van der Waals surface area contributed by atoms with Crippen LogP contribution in [0, 0.1) is 0 Å². The zero-order valence-corrected chi connectivity index (χ0v) is 9.52. The Morgan fingerprint density at radius 3 is 2.64 bits per heavy atom. The van der Waals surface area contributed by atoms with Crippen molar-refractivity contribution < 1.29 is 9.53 Å². The van der Waals surface area contributed by atoms with E-state index in [2.05, 4.69) is 19.1 Å². The van der Waals surface area contributed by atoms with Crippen molar-refractivity contribution in [1.82, 2.24) is 0 Å². The molecule has 1 aromatic rings. The molecule has 2 nitrogen and oxygen atoms in total. The number of carbonyl (C=O) groups is 1. The van der Waals surface area contributed by atoms with Crippen LogP contribution in [-0.4, -0.2) is 12.6 Å². The van der Waals surface area contributed by atoms with Crippen LogP contribution in [0.4, 0.5) is 0 Å². The van der Waals surface area contributed by atoms with Crippen LogP contribution in [0.3, 0.4) is 0 Å². The minimum absolute atomic E-state index is 0.0982. The molecule has 0 aliphatic heterocycles. The van der Waals surface area contributed by atoms with Crippen molar-refractivity contribution >= 4 is 17.3 Å². The number of aryl methyl sites for hydroxylation is 2. The Hall–Kier alpha value is -0.830. The lowest BCUT2D eigenvalue weighted by atomic mass is 10.2. The minimum Gasteiger partial charge on any atom is -0.466 e. The van der Waals surface area contributed by atoms with Gasteiger partial charge in [0.05, 0.1) is 13.0 Å². The van der Waals surface area contributed by atoms with Gasteiger partial charge in [0.1, 0.15) is 0 Å². The molecule has 0 saturated carbocycles. The van der Waals surface area contributed by atoms with Gasteiger partial charge in [-0.1, -0.05) is 6.92 Å². The van der Waals surface area contributed by atoms with E-state index in [1.807, 2.05) is 6.92 Å². The van der Waals surface area contributed by atoms with E-state index in [1.54, 1.807) is 11.3 Å². The summed E-state index contributed by atoms with van der Waals surface area (Å²) in [5.41, 5.74) is 0. The number of esters is 1. The van der Waals surface area contributed by atoms with Crippen molar-refractivity contribution in [3.8, 4) is 0 Å². The molecule has 0 aromatic carbocycles. The maximum Gasteiger partial charge on any atom is 0.306 e. The van der Waals surface area contributed by atoms with Gasteiger partial charge in [-0.3, -0.25) is 4.79 Å². The third-order valence-corrected chi connectivity index (χ3v) is 3.24. The van der Waals surface area contributed by atoms with Crippen molar-refractivity contribution in [1.29, 1.82) is 0 Å². The molecule has 0 aliphatic carbocycles. The number of hydrogen-bond donors (Lipinski definition) is 0. The van der Waals surface area contributed by atoms with Gasteiger partial charge in [0.15, 0.2) is 0 Å². The second-order valence-electron chi connectivity index (χ2n) is 3.03. The molecule has 0 aliphatic rings. The molecule has 1 aromatic heterocycles. The van der Waals surface area contributed by atoms with E-state index in [-0.39, 0.29) is 5.97 Å². The first-order valence-corrected chi connectivity index (χ1v) is 5.81. The third kappa shape index (κ3) is 3.50. The Labute approximate surface area is 88.9 Å². The molecule has 0 atom stereocenters. The number of carbonyl (C=O) groups excluding carboxylic acids is 1. The lowest BCUT2D eigenvalue weighted by Gasteiger charge is -1.99. The Kier molecular flexibility index (Phi) is 4.66. The fourth-order valence-corrected chi connectivity index (χ4v) is 2.16. The summed E-state index contributed by atoms with van der Waals surface area (Å²) >= 11 is 1.79. The van der Waals surface area contributed by atoms with Crippen molar-refractivity contribution in [2.45, 2.75) is 33.1 Å². The van der Waals surface area contributed by atoms with Gasteiger partial charge in [-0.05, 0) is 31.9 Å². The highest BCUT2D eigenvalue weighted by molar-refractivity contribution is 7.11. The Morgan fingerprint density at radius 2 is 2.07 bits per heavy atom. The van der Waals surface area contributed by atoms with E-state index in [0.29, 0.717) is 13.0 Å². The standard InChI is InChI=1S/C11H16O2S/c1-3-9-5-6-10(14-9)7-8-11(12)13-4-2/h5-6H,3-4,7-8H2,1-2H3. The van der Waals surface area contributed by atoms with Gasteiger partial charge in [-0.15, -0.1) is 11.3 Å². The first-order valence-electron chi connectivity index (χ1n) is 4.99. The maximum atomic E-state index is 11.1. The van der Waals surface area contributed by atoms with Gasteiger partial charge in [0.2, 0.25) is 0 Å². The maximum absolute atomic E-state index is 11.1. The predicted molar refractivity (Wildman–Crippen MR) is 58.7 cm³/mol. The molecule has 0 N–H and O–H groups in total. The lowest BCUT2D eigenvalue weighted by molar-refractivity contribution is -0.143. The van der Waals surface area contributed by atoms with Crippen LogP contribution >= 0.6 is 11.3 Å². The van der Waals surface area contributed by atoms with E-state index in [9.17, 15) is 4.79 Å². The summed E-state index contributed by atoms with van der Waals surface area (Å²) in [6.07, 6.45) is 2.38. The van der Waals surface area contributed by atoms with Gasteiger partial charge in [-0.2, -0.15) is 0 Å². The van der Waals surface area contributed by atoms with Crippen LogP contribution in [0.15, 0.2) is 12.1 Å². The van der Waals surface area contributed by atoms with Crippen LogP contribution < -0.4 is 0 Å². The number of ether oxygens (including phenoxy) is 1. The van der Waals surface area contributed by atoms with Crippen molar-refractivity contribution in [3.63, 3.8) is 0 Å². The van der Waals surface area contributed by atoms with Crippen LogP contribution in [0.25, 0.3) is 0 Å². The molecular weight excluding hydrogens is 196 g/mol. The molecule has 0 saturated heterocycles. The molecular formula is C11H16O2S. The average Bonchev–Trinajstić information content (AvgIpc) is 2.63. The third-order valence-electron chi connectivity index (χ3n) is 1.95. The van der Waals surface area contributed by atoms with Crippen molar-refractivity contribution in [2.75, 3.05) is 6.61 Å². The van der Waals surface area contributed by atoms with E-state index < -0.39 is 0 Å². The fraction of sp³-hybridized carbons (Fsp3) is 0.545. The topological polar surface area (TPSA) is 26.3 Å². The second kappa shape index (κ2) is 5.81. The lowest BCUT2D eigenvalue weighted by Crippen LogP contribution is -2.04. The number of rotatable bonds is 5. The zero-order valence-electron chi connectivity index (χ0n) is 8.71. The normalized spacial score (nSPS) is 10.1. The summed E-state index contributed by atoms with van der Waals surface area (Å²) < 4.78 is 4.86. The van der Waals surface area contributed by atoms with Crippen LogP contribution in [0.2, 0.25) is 0 Å². The molecule has 0 amide bonds. The molecule has 1 heterocycles. The first-order chi connectivity index (χ1) is 6.76. The van der Waals surface area contributed by atoms with Gasteiger partial charge >= 0.3 is 5.97 Å². The Bertz CT molecular complexity index is 291. The average molecular weight is 212 g/mol. The van der Waals surface area contributed by atoms with E-state index >= 15 is 0 Å². The number of hydrogen-bond acceptors (Lipinski definition) is 3. The summed E-state index contributed by atoms with van der Waals surface area (Å²) in [5, 5.41) is 0. The van der Waals surface area contributed by atoms with E-state index in [4.69, 9.17) is 4.74 Å². The Morgan fingerprint density at radius 1 is 1.36 bits per heavy atom. The Balaban J connectivity index is 2.34. The molecule has 78 valence electrons. The summed E-state index contributed by atoms with van der Waals surface area (Å²) in [6, 6.07) is 4.23. The summed E-state index contributed by atoms with van der Waals surface area (Å²) in [6.45, 7) is 4.45. The zero-order chi connectivity index (χ0) is 10.4. The SMILES string of the molecule is CCOC(=O)CCc1ccc(CC)s1. The number of thiophene rings is 1.